The number of carboxylic acids is 1. The summed E-state index contributed by atoms with van der Waals surface area (Å²) in [6.07, 6.45) is 2.21. The molecule has 0 radical (unpaired) electrons. The van der Waals surface area contributed by atoms with Gasteiger partial charge in [-0.1, -0.05) is 6.07 Å². The second kappa shape index (κ2) is 5.40. The summed E-state index contributed by atoms with van der Waals surface area (Å²) in [5.74, 6) is -0.862. The zero-order valence-electron chi connectivity index (χ0n) is 10.9. The van der Waals surface area contributed by atoms with Crippen molar-refractivity contribution in [3.05, 3.63) is 29.3 Å². The molecule has 0 aromatic heterocycles. The normalized spacial score (nSPS) is 17.7. The summed E-state index contributed by atoms with van der Waals surface area (Å²) in [5.41, 5.74) is 2.09. The standard InChI is InChI=1S/C14H20N2O2/c1-10-3-4-12(9-13(10)14(17)18)15-11-5-7-16(2)8-6-11/h3-4,9,11,15H,5-8H2,1-2H3,(H,17,18). The number of aryl methyl sites for hydroxylation is 1. The minimum absolute atomic E-state index is 0.382. The number of benzene rings is 1. The van der Waals surface area contributed by atoms with Gasteiger partial charge in [0.2, 0.25) is 0 Å². The van der Waals surface area contributed by atoms with E-state index in [1.165, 1.54) is 0 Å². The van der Waals surface area contributed by atoms with E-state index in [-0.39, 0.29) is 0 Å². The van der Waals surface area contributed by atoms with Crippen LogP contribution < -0.4 is 5.32 Å². The summed E-state index contributed by atoms with van der Waals surface area (Å²) in [6, 6.07) is 6.00. The lowest BCUT2D eigenvalue weighted by Gasteiger charge is -2.30. The second-order valence-corrected chi connectivity index (χ2v) is 5.06. The topological polar surface area (TPSA) is 52.6 Å². The number of carboxylic acid groups (broad SMARTS) is 1. The monoisotopic (exact) mass is 248 g/mol. The lowest BCUT2D eigenvalue weighted by atomic mass is 10.0. The van der Waals surface area contributed by atoms with Crippen molar-refractivity contribution in [3.63, 3.8) is 0 Å². The summed E-state index contributed by atoms with van der Waals surface area (Å²) < 4.78 is 0. The van der Waals surface area contributed by atoms with E-state index in [2.05, 4.69) is 17.3 Å². The summed E-state index contributed by atoms with van der Waals surface area (Å²) in [7, 11) is 2.13. The molecule has 0 bridgehead atoms. The van der Waals surface area contributed by atoms with Gasteiger partial charge in [0.15, 0.2) is 0 Å². The molecule has 1 heterocycles. The fraction of sp³-hybridized carbons (Fsp3) is 0.500. The molecule has 1 fully saturated rings. The molecular weight excluding hydrogens is 228 g/mol. The van der Waals surface area contributed by atoms with E-state index in [9.17, 15) is 4.79 Å². The Morgan fingerprint density at radius 3 is 2.67 bits per heavy atom. The van der Waals surface area contributed by atoms with Crippen LogP contribution in [-0.2, 0) is 0 Å². The van der Waals surface area contributed by atoms with Crippen LogP contribution >= 0.6 is 0 Å². The number of piperidine rings is 1. The molecular formula is C14H20N2O2. The van der Waals surface area contributed by atoms with E-state index in [1.807, 2.05) is 19.1 Å². The molecule has 1 aromatic rings. The van der Waals surface area contributed by atoms with Crippen LogP contribution in [0.1, 0.15) is 28.8 Å². The molecule has 1 aliphatic heterocycles. The number of anilines is 1. The largest absolute Gasteiger partial charge is 0.478 e. The zero-order valence-corrected chi connectivity index (χ0v) is 10.9. The molecule has 98 valence electrons. The number of carbonyl (C=O) groups is 1. The third kappa shape index (κ3) is 3.01. The third-order valence-corrected chi connectivity index (χ3v) is 3.56. The number of rotatable bonds is 3. The number of nitrogens with one attached hydrogen (secondary N) is 1. The second-order valence-electron chi connectivity index (χ2n) is 5.06. The van der Waals surface area contributed by atoms with Crippen LogP contribution in [0, 0.1) is 6.92 Å². The van der Waals surface area contributed by atoms with Gasteiger partial charge in [0.1, 0.15) is 0 Å². The van der Waals surface area contributed by atoms with Crippen LogP contribution in [0.5, 0.6) is 0 Å². The molecule has 4 nitrogen and oxygen atoms in total. The van der Waals surface area contributed by atoms with Crippen molar-refractivity contribution in [2.75, 3.05) is 25.5 Å². The van der Waals surface area contributed by atoms with Gasteiger partial charge in [0.25, 0.3) is 0 Å². The van der Waals surface area contributed by atoms with Crippen molar-refractivity contribution >= 4 is 11.7 Å². The molecule has 18 heavy (non-hydrogen) atoms. The lowest BCUT2D eigenvalue weighted by molar-refractivity contribution is 0.0696. The Morgan fingerprint density at radius 1 is 1.39 bits per heavy atom. The smallest absolute Gasteiger partial charge is 0.336 e. The van der Waals surface area contributed by atoms with E-state index in [4.69, 9.17) is 5.11 Å². The molecule has 0 amide bonds. The number of aromatic carboxylic acids is 1. The maximum atomic E-state index is 11.1. The Kier molecular flexibility index (Phi) is 3.87. The fourth-order valence-corrected chi connectivity index (χ4v) is 2.33. The SMILES string of the molecule is Cc1ccc(NC2CCN(C)CC2)cc1C(=O)O. The van der Waals surface area contributed by atoms with E-state index in [1.54, 1.807) is 6.07 Å². The number of likely N-dealkylation sites (tertiary alicyclic amines) is 1. The van der Waals surface area contributed by atoms with Gasteiger partial charge in [-0.25, -0.2) is 4.79 Å². The van der Waals surface area contributed by atoms with E-state index in [0.717, 1.165) is 37.2 Å². The van der Waals surface area contributed by atoms with Gasteiger partial charge in [0, 0.05) is 11.7 Å². The predicted molar refractivity (Wildman–Crippen MR) is 72.3 cm³/mol. The first kappa shape index (κ1) is 12.9. The molecule has 1 saturated heterocycles. The molecule has 1 aliphatic rings. The predicted octanol–water partition coefficient (Wildman–Crippen LogP) is 2.20. The maximum absolute atomic E-state index is 11.1. The molecule has 0 spiro atoms. The van der Waals surface area contributed by atoms with Crippen molar-refractivity contribution in [3.8, 4) is 0 Å². The summed E-state index contributed by atoms with van der Waals surface area (Å²) >= 11 is 0. The fourth-order valence-electron chi connectivity index (χ4n) is 2.33. The van der Waals surface area contributed by atoms with Gasteiger partial charge in [0.05, 0.1) is 5.56 Å². The van der Waals surface area contributed by atoms with Crippen molar-refractivity contribution in [1.82, 2.24) is 4.90 Å². The Labute approximate surface area is 108 Å². The van der Waals surface area contributed by atoms with Gasteiger partial charge in [-0.3, -0.25) is 0 Å². The number of hydrogen-bond acceptors (Lipinski definition) is 3. The average Bonchev–Trinajstić information content (AvgIpc) is 2.34. The summed E-state index contributed by atoms with van der Waals surface area (Å²) in [6.45, 7) is 4.01. The van der Waals surface area contributed by atoms with Crippen LogP contribution in [0.3, 0.4) is 0 Å². The van der Waals surface area contributed by atoms with Crippen LogP contribution in [0.25, 0.3) is 0 Å². The summed E-state index contributed by atoms with van der Waals surface area (Å²) in [4.78, 5) is 13.4. The number of hydrogen-bond donors (Lipinski definition) is 2. The first-order valence-electron chi connectivity index (χ1n) is 6.35. The van der Waals surface area contributed by atoms with Crippen LogP contribution in [0.2, 0.25) is 0 Å². The van der Waals surface area contributed by atoms with Gasteiger partial charge in [-0.2, -0.15) is 0 Å². The zero-order chi connectivity index (χ0) is 13.1. The molecule has 0 aliphatic carbocycles. The van der Waals surface area contributed by atoms with Gasteiger partial charge >= 0.3 is 5.97 Å². The molecule has 0 unspecified atom stereocenters. The van der Waals surface area contributed by atoms with Gasteiger partial charge in [-0.15, -0.1) is 0 Å². The molecule has 0 saturated carbocycles. The van der Waals surface area contributed by atoms with Crippen molar-refractivity contribution in [1.29, 1.82) is 0 Å². The molecule has 2 rings (SSSR count). The minimum atomic E-state index is -0.862. The first-order valence-corrected chi connectivity index (χ1v) is 6.35. The first-order chi connectivity index (χ1) is 8.56. The Hall–Kier alpha value is -1.55. The highest BCUT2D eigenvalue weighted by Crippen LogP contribution is 2.19. The van der Waals surface area contributed by atoms with E-state index >= 15 is 0 Å². The quantitative estimate of drug-likeness (QED) is 0.861. The molecule has 2 N–H and O–H groups in total. The van der Waals surface area contributed by atoms with Gasteiger partial charge in [-0.05, 0) is 57.6 Å². The number of nitrogens with zero attached hydrogens (tertiary/aromatic N) is 1. The van der Waals surface area contributed by atoms with Crippen LogP contribution in [0.15, 0.2) is 18.2 Å². The van der Waals surface area contributed by atoms with E-state index < -0.39 is 5.97 Å². The van der Waals surface area contributed by atoms with Crippen LogP contribution in [0.4, 0.5) is 5.69 Å². The Morgan fingerprint density at radius 2 is 2.06 bits per heavy atom. The highest BCUT2D eigenvalue weighted by atomic mass is 16.4. The minimum Gasteiger partial charge on any atom is -0.478 e. The lowest BCUT2D eigenvalue weighted by Crippen LogP contribution is -2.36. The molecule has 4 heteroatoms. The molecule has 0 atom stereocenters. The van der Waals surface area contributed by atoms with Gasteiger partial charge < -0.3 is 15.3 Å². The Bertz CT molecular complexity index is 437. The maximum Gasteiger partial charge on any atom is 0.336 e. The average molecular weight is 248 g/mol. The highest BCUT2D eigenvalue weighted by molar-refractivity contribution is 5.90. The van der Waals surface area contributed by atoms with E-state index in [0.29, 0.717) is 11.6 Å². The van der Waals surface area contributed by atoms with Crippen LogP contribution in [-0.4, -0.2) is 42.2 Å². The Balaban J connectivity index is 2.05. The molecule has 1 aromatic carbocycles. The summed E-state index contributed by atoms with van der Waals surface area (Å²) in [5, 5.41) is 12.5. The van der Waals surface area contributed by atoms with Crippen molar-refractivity contribution < 1.29 is 9.90 Å². The highest BCUT2D eigenvalue weighted by Gasteiger charge is 2.17. The third-order valence-electron chi connectivity index (χ3n) is 3.56. The van der Waals surface area contributed by atoms with Crippen molar-refractivity contribution in [2.24, 2.45) is 0 Å². The van der Waals surface area contributed by atoms with Crippen molar-refractivity contribution in [2.45, 2.75) is 25.8 Å².